The molecule has 0 radical (unpaired) electrons. The number of rotatable bonds is 4. The lowest BCUT2D eigenvalue weighted by Gasteiger charge is -2.15. The Morgan fingerprint density at radius 2 is 2.12 bits per heavy atom. The third-order valence-corrected chi connectivity index (χ3v) is 2.77. The predicted molar refractivity (Wildman–Crippen MR) is 66.7 cm³/mol. The first-order valence-corrected chi connectivity index (χ1v) is 5.76. The minimum Gasteiger partial charge on any atom is -0.359 e. The molecular formula is C12H17N5. The van der Waals surface area contributed by atoms with Gasteiger partial charge in [0.25, 0.3) is 0 Å². The molecule has 17 heavy (non-hydrogen) atoms. The third kappa shape index (κ3) is 2.61. The lowest BCUT2D eigenvalue weighted by Crippen LogP contribution is -2.13. The fourth-order valence-corrected chi connectivity index (χ4v) is 1.62. The molecule has 0 spiro atoms. The Hall–Kier alpha value is -1.91. The van der Waals surface area contributed by atoms with Crippen molar-refractivity contribution < 1.29 is 0 Å². The highest BCUT2D eigenvalue weighted by Gasteiger charge is 2.12. The van der Waals surface area contributed by atoms with Crippen molar-refractivity contribution >= 4 is 5.82 Å². The molecule has 0 aliphatic heterocycles. The number of hydrogen-bond donors (Lipinski definition) is 2. The summed E-state index contributed by atoms with van der Waals surface area (Å²) in [4.78, 5) is 16.1. The Morgan fingerprint density at radius 1 is 1.29 bits per heavy atom. The fraction of sp³-hybridized carbons (Fsp3) is 0.417. The van der Waals surface area contributed by atoms with Gasteiger partial charge in [-0.25, -0.2) is 9.97 Å². The standard InChI is InChI=1S/C12H17N5/c1-4-10(12-13-5-6-14-12)17-11-7-15-8(2)9(3)16-11/h5-7,10H,4H2,1-3H3,(H,13,14)(H,16,17). The summed E-state index contributed by atoms with van der Waals surface area (Å²) in [7, 11) is 0. The first-order valence-electron chi connectivity index (χ1n) is 5.76. The van der Waals surface area contributed by atoms with E-state index in [1.54, 1.807) is 12.4 Å². The second-order valence-electron chi connectivity index (χ2n) is 4.01. The topological polar surface area (TPSA) is 66.5 Å². The van der Waals surface area contributed by atoms with E-state index in [1.165, 1.54) is 0 Å². The minimum absolute atomic E-state index is 0.140. The van der Waals surface area contributed by atoms with Crippen molar-refractivity contribution in [3.05, 3.63) is 35.8 Å². The quantitative estimate of drug-likeness (QED) is 0.847. The predicted octanol–water partition coefficient (Wildman–Crippen LogP) is 2.38. The molecule has 1 atom stereocenters. The van der Waals surface area contributed by atoms with Gasteiger partial charge in [-0.2, -0.15) is 0 Å². The lowest BCUT2D eigenvalue weighted by atomic mass is 10.2. The summed E-state index contributed by atoms with van der Waals surface area (Å²) in [5.41, 5.74) is 1.91. The highest BCUT2D eigenvalue weighted by Crippen LogP contribution is 2.18. The van der Waals surface area contributed by atoms with Crippen molar-refractivity contribution in [3.63, 3.8) is 0 Å². The van der Waals surface area contributed by atoms with E-state index in [4.69, 9.17) is 0 Å². The Labute approximate surface area is 101 Å². The van der Waals surface area contributed by atoms with E-state index in [1.807, 2.05) is 20.0 Å². The molecule has 0 amide bonds. The monoisotopic (exact) mass is 231 g/mol. The van der Waals surface area contributed by atoms with Crippen LogP contribution in [0.4, 0.5) is 5.82 Å². The average molecular weight is 231 g/mol. The van der Waals surface area contributed by atoms with Gasteiger partial charge in [-0.05, 0) is 20.3 Å². The van der Waals surface area contributed by atoms with Gasteiger partial charge in [0.15, 0.2) is 0 Å². The number of imidazole rings is 1. The molecule has 2 aromatic rings. The van der Waals surface area contributed by atoms with Crippen LogP contribution in [-0.2, 0) is 0 Å². The van der Waals surface area contributed by atoms with E-state index < -0.39 is 0 Å². The summed E-state index contributed by atoms with van der Waals surface area (Å²) in [5.74, 6) is 1.71. The SMILES string of the molecule is CCC(Nc1cnc(C)c(C)n1)c1ncc[nH]1. The van der Waals surface area contributed by atoms with Crippen LogP contribution in [0.15, 0.2) is 18.6 Å². The van der Waals surface area contributed by atoms with Crippen molar-refractivity contribution in [2.45, 2.75) is 33.2 Å². The summed E-state index contributed by atoms with van der Waals surface area (Å²) < 4.78 is 0. The van der Waals surface area contributed by atoms with Crippen molar-refractivity contribution in [1.29, 1.82) is 0 Å². The average Bonchev–Trinajstić information content (AvgIpc) is 2.84. The van der Waals surface area contributed by atoms with Gasteiger partial charge in [0, 0.05) is 12.4 Å². The van der Waals surface area contributed by atoms with Crippen molar-refractivity contribution in [2.24, 2.45) is 0 Å². The summed E-state index contributed by atoms with van der Waals surface area (Å²) in [6.45, 7) is 6.02. The zero-order valence-electron chi connectivity index (χ0n) is 10.4. The highest BCUT2D eigenvalue weighted by molar-refractivity contribution is 5.35. The normalized spacial score (nSPS) is 12.4. The summed E-state index contributed by atoms with van der Waals surface area (Å²) in [6.07, 6.45) is 6.27. The molecule has 2 heterocycles. The van der Waals surface area contributed by atoms with Crippen molar-refractivity contribution in [1.82, 2.24) is 19.9 Å². The van der Waals surface area contributed by atoms with Crippen LogP contribution in [0.2, 0.25) is 0 Å². The number of nitrogens with one attached hydrogen (secondary N) is 2. The number of aromatic nitrogens is 4. The number of H-pyrrole nitrogens is 1. The Balaban J connectivity index is 2.16. The maximum absolute atomic E-state index is 4.46. The van der Waals surface area contributed by atoms with E-state index >= 15 is 0 Å². The van der Waals surface area contributed by atoms with Gasteiger partial charge in [-0.3, -0.25) is 4.98 Å². The van der Waals surface area contributed by atoms with Gasteiger partial charge in [-0.1, -0.05) is 6.92 Å². The van der Waals surface area contributed by atoms with Crippen molar-refractivity contribution in [3.8, 4) is 0 Å². The highest BCUT2D eigenvalue weighted by atomic mass is 15.1. The molecule has 2 aromatic heterocycles. The van der Waals surface area contributed by atoms with Crippen LogP contribution in [0.3, 0.4) is 0 Å². The molecule has 0 aromatic carbocycles. The molecule has 0 saturated heterocycles. The Bertz CT molecular complexity index is 478. The molecule has 0 aliphatic carbocycles. The van der Waals surface area contributed by atoms with Crippen LogP contribution in [0, 0.1) is 13.8 Å². The zero-order chi connectivity index (χ0) is 12.3. The molecule has 0 aliphatic rings. The summed E-state index contributed by atoms with van der Waals surface area (Å²) in [5, 5.41) is 3.33. The fourth-order valence-electron chi connectivity index (χ4n) is 1.62. The van der Waals surface area contributed by atoms with Crippen LogP contribution < -0.4 is 5.32 Å². The molecule has 5 heteroatoms. The first kappa shape index (κ1) is 11.6. The number of anilines is 1. The largest absolute Gasteiger partial charge is 0.359 e. The van der Waals surface area contributed by atoms with E-state index in [2.05, 4.69) is 32.2 Å². The van der Waals surface area contributed by atoms with E-state index in [-0.39, 0.29) is 6.04 Å². The molecular weight excluding hydrogens is 214 g/mol. The molecule has 2 rings (SSSR count). The number of hydrogen-bond acceptors (Lipinski definition) is 4. The third-order valence-electron chi connectivity index (χ3n) is 2.77. The lowest BCUT2D eigenvalue weighted by molar-refractivity contribution is 0.698. The van der Waals surface area contributed by atoms with Crippen LogP contribution in [0.25, 0.3) is 0 Å². The maximum Gasteiger partial charge on any atom is 0.145 e. The van der Waals surface area contributed by atoms with E-state index in [0.29, 0.717) is 0 Å². The molecule has 0 bridgehead atoms. The summed E-state index contributed by atoms with van der Waals surface area (Å²) >= 11 is 0. The number of aryl methyl sites for hydroxylation is 2. The van der Waals surface area contributed by atoms with Crippen LogP contribution in [0.5, 0.6) is 0 Å². The van der Waals surface area contributed by atoms with E-state index in [9.17, 15) is 0 Å². The van der Waals surface area contributed by atoms with Gasteiger partial charge in [0.2, 0.25) is 0 Å². The number of aromatic amines is 1. The van der Waals surface area contributed by atoms with Crippen LogP contribution >= 0.6 is 0 Å². The summed E-state index contributed by atoms with van der Waals surface area (Å²) in [6, 6.07) is 0.140. The molecule has 0 saturated carbocycles. The van der Waals surface area contributed by atoms with Gasteiger partial charge < -0.3 is 10.3 Å². The molecule has 0 fully saturated rings. The Morgan fingerprint density at radius 3 is 2.71 bits per heavy atom. The maximum atomic E-state index is 4.46. The minimum atomic E-state index is 0.140. The van der Waals surface area contributed by atoms with Crippen molar-refractivity contribution in [2.75, 3.05) is 5.32 Å². The molecule has 2 N–H and O–H groups in total. The van der Waals surface area contributed by atoms with Gasteiger partial charge in [0.1, 0.15) is 11.6 Å². The second-order valence-corrected chi connectivity index (χ2v) is 4.01. The van der Waals surface area contributed by atoms with E-state index in [0.717, 1.165) is 29.5 Å². The smallest absolute Gasteiger partial charge is 0.145 e. The molecule has 1 unspecified atom stereocenters. The number of nitrogens with zero attached hydrogens (tertiary/aromatic N) is 3. The zero-order valence-corrected chi connectivity index (χ0v) is 10.4. The van der Waals surface area contributed by atoms with Crippen LogP contribution in [-0.4, -0.2) is 19.9 Å². The van der Waals surface area contributed by atoms with Gasteiger partial charge in [-0.15, -0.1) is 0 Å². The second kappa shape index (κ2) is 4.95. The van der Waals surface area contributed by atoms with Crippen LogP contribution in [0.1, 0.15) is 36.6 Å². The first-order chi connectivity index (χ1) is 8.20. The molecule has 90 valence electrons. The molecule has 5 nitrogen and oxygen atoms in total. The van der Waals surface area contributed by atoms with Gasteiger partial charge >= 0.3 is 0 Å². The Kier molecular flexibility index (Phi) is 3.37. The van der Waals surface area contributed by atoms with Gasteiger partial charge in [0.05, 0.1) is 23.6 Å².